The first-order valence-electron chi connectivity index (χ1n) is 5.72. The van der Waals surface area contributed by atoms with Crippen molar-refractivity contribution in [1.29, 1.82) is 0 Å². The van der Waals surface area contributed by atoms with E-state index in [1.807, 2.05) is 0 Å². The highest BCUT2D eigenvalue weighted by molar-refractivity contribution is 6.00. The molecule has 1 aliphatic heterocycles. The third-order valence-electron chi connectivity index (χ3n) is 2.11. The molecule has 1 fully saturated rings. The highest BCUT2D eigenvalue weighted by atomic mass is 16.6. The zero-order chi connectivity index (χ0) is 13.9. The summed E-state index contributed by atoms with van der Waals surface area (Å²) in [6.45, 7) is 6.90. The van der Waals surface area contributed by atoms with Gasteiger partial charge in [-0.1, -0.05) is 0 Å². The number of carbonyl (C=O) groups excluding carboxylic acids is 3. The van der Waals surface area contributed by atoms with Crippen LogP contribution in [0.5, 0.6) is 0 Å². The molecule has 7 nitrogen and oxygen atoms in total. The highest BCUT2D eigenvalue weighted by Gasteiger charge is 2.40. The Kier molecular flexibility index (Phi) is 4.15. The summed E-state index contributed by atoms with van der Waals surface area (Å²) in [6, 6.07) is 0. The molecule has 0 bridgehead atoms. The van der Waals surface area contributed by atoms with E-state index in [1.165, 1.54) is 0 Å². The zero-order valence-corrected chi connectivity index (χ0v) is 11.0. The minimum atomic E-state index is -0.988. The first-order chi connectivity index (χ1) is 8.24. The lowest BCUT2D eigenvalue weighted by molar-refractivity contribution is -0.150. The summed E-state index contributed by atoms with van der Waals surface area (Å²) in [4.78, 5) is 34.6. The Balaban J connectivity index is 2.61. The Hall–Kier alpha value is -1.79. The molecule has 1 aliphatic rings. The van der Waals surface area contributed by atoms with Crippen LogP contribution < -0.4 is 5.43 Å². The quantitative estimate of drug-likeness (QED) is 0.574. The van der Waals surface area contributed by atoms with Gasteiger partial charge in [-0.3, -0.25) is 15.0 Å². The smallest absolute Gasteiger partial charge is 0.429 e. The molecule has 7 heteroatoms. The summed E-state index contributed by atoms with van der Waals surface area (Å²) in [7, 11) is 0. The van der Waals surface area contributed by atoms with Gasteiger partial charge in [0.25, 0.3) is 5.91 Å². The molecule has 2 amide bonds. The third kappa shape index (κ3) is 3.61. The van der Waals surface area contributed by atoms with Gasteiger partial charge in [0.05, 0.1) is 13.2 Å². The maximum Gasteiger partial charge on any atom is 0.429 e. The van der Waals surface area contributed by atoms with Crippen LogP contribution in [-0.2, 0) is 19.1 Å². The van der Waals surface area contributed by atoms with Crippen LogP contribution in [0.25, 0.3) is 0 Å². The van der Waals surface area contributed by atoms with E-state index in [-0.39, 0.29) is 13.2 Å². The van der Waals surface area contributed by atoms with Gasteiger partial charge in [0, 0.05) is 0 Å². The fourth-order valence-electron chi connectivity index (χ4n) is 1.38. The average molecular weight is 258 g/mol. The Bertz CT molecular complexity index is 361. The van der Waals surface area contributed by atoms with E-state index in [0.717, 1.165) is 5.01 Å². The summed E-state index contributed by atoms with van der Waals surface area (Å²) in [5.41, 5.74) is 1.62. The fraction of sp³-hybridized carbons (Fsp3) is 0.727. The van der Waals surface area contributed by atoms with E-state index >= 15 is 0 Å². The zero-order valence-electron chi connectivity index (χ0n) is 11.0. The van der Waals surface area contributed by atoms with Crippen molar-refractivity contribution < 1.29 is 23.9 Å². The van der Waals surface area contributed by atoms with Crippen LogP contribution in [0.15, 0.2) is 0 Å². The van der Waals surface area contributed by atoms with Crippen molar-refractivity contribution in [2.75, 3.05) is 13.2 Å². The van der Waals surface area contributed by atoms with Crippen LogP contribution in [0.3, 0.4) is 0 Å². The number of hydrogen-bond acceptors (Lipinski definition) is 5. The maximum atomic E-state index is 11.7. The molecule has 1 unspecified atom stereocenters. The van der Waals surface area contributed by atoms with Crippen LogP contribution in [0.2, 0.25) is 0 Å². The molecule has 18 heavy (non-hydrogen) atoms. The summed E-state index contributed by atoms with van der Waals surface area (Å²) >= 11 is 0. The SMILES string of the molecule is CCOC(=O)C1CN(C(=O)OC(C)(C)C)NC1=O. The second kappa shape index (κ2) is 5.24. The van der Waals surface area contributed by atoms with Crippen molar-refractivity contribution in [2.24, 2.45) is 5.92 Å². The number of esters is 1. The van der Waals surface area contributed by atoms with E-state index in [9.17, 15) is 14.4 Å². The van der Waals surface area contributed by atoms with E-state index in [0.29, 0.717) is 0 Å². The molecule has 1 N–H and O–H groups in total. The molecule has 0 aromatic carbocycles. The number of ether oxygens (including phenoxy) is 2. The van der Waals surface area contributed by atoms with Gasteiger partial charge in [0.2, 0.25) is 0 Å². The second-order valence-corrected chi connectivity index (χ2v) is 4.87. The molecule has 1 saturated heterocycles. The van der Waals surface area contributed by atoms with Gasteiger partial charge in [-0.05, 0) is 27.7 Å². The number of amides is 2. The molecule has 0 saturated carbocycles. The molecule has 1 rings (SSSR count). The van der Waals surface area contributed by atoms with Crippen LogP contribution in [0.1, 0.15) is 27.7 Å². The van der Waals surface area contributed by atoms with Crippen molar-refractivity contribution in [3.63, 3.8) is 0 Å². The summed E-state index contributed by atoms with van der Waals surface area (Å²) in [5.74, 6) is -2.18. The number of nitrogens with one attached hydrogen (secondary N) is 1. The number of hydrazine groups is 1. The van der Waals surface area contributed by atoms with E-state index in [1.54, 1.807) is 27.7 Å². The molecule has 1 heterocycles. The Morgan fingerprint density at radius 2 is 2.06 bits per heavy atom. The van der Waals surface area contributed by atoms with Gasteiger partial charge < -0.3 is 9.47 Å². The van der Waals surface area contributed by atoms with Gasteiger partial charge in [-0.25, -0.2) is 9.80 Å². The van der Waals surface area contributed by atoms with Gasteiger partial charge in [-0.2, -0.15) is 0 Å². The van der Waals surface area contributed by atoms with Gasteiger partial charge in [0.1, 0.15) is 5.60 Å². The predicted octanol–water partition coefficient (Wildman–Crippen LogP) is 0.448. The number of nitrogens with zero attached hydrogens (tertiary/aromatic N) is 1. The predicted molar refractivity (Wildman–Crippen MR) is 61.2 cm³/mol. The van der Waals surface area contributed by atoms with Crippen LogP contribution >= 0.6 is 0 Å². The summed E-state index contributed by atoms with van der Waals surface area (Å²) in [6.07, 6.45) is -0.692. The normalized spacial score (nSPS) is 19.4. The van der Waals surface area contributed by atoms with E-state index < -0.39 is 29.5 Å². The molecule has 0 radical (unpaired) electrons. The van der Waals surface area contributed by atoms with Gasteiger partial charge in [-0.15, -0.1) is 0 Å². The summed E-state index contributed by atoms with van der Waals surface area (Å²) in [5, 5.41) is 0.981. The lowest BCUT2D eigenvalue weighted by Crippen LogP contribution is -2.42. The number of carbonyl (C=O) groups is 3. The standard InChI is InChI=1S/C11H18N2O5/c1-5-17-9(15)7-6-13(12-8(7)14)10(16)18-11(2,3)4/h7H,5-6H2,1-4H3,(H,12,14). The minimum Gasteiger partial charge on any atom is -0.465 e. The Morgan fingerprint density at radius 1 is 1.44 bits per heavy atom. The second-order valence-electron chi connectivity index (χ2n) is 4.87. The monoisotopic (exact) mass is 258 g/mol. The van der Waals surface area contributed by atoms with Crippen molar-refractivity contribution >= 4 is 18.0 Å². The molecule has 0 aromatic heterocycles. The maximum absolute atomic E-state index is 11.7. The fourth-order valence-corrected chi connectivity index (χ4v) is 1.38. The third-order valence-corrected chi connectivity index (χ3v) is 2.11. The van der Waals surface area contributed by atoms with Crippen LogP contribution in [0, 0.1) is 5.92 Å². The molecule has 102 valence electrons. The van der Waals surface area contributed by atoms with Crippen molar-refractivity contribution in [1.82, 2.24) is 10.4 Å². The van der Waals surface area contributed by atoms with Crippen molar-refractivity contribution in [3.05, 3.63) is 0 Å². The summed E-state index contributed by atoms with van der Waals surface area (Å²) < 4.78 is 9.82. The topological polar surface area (TPSA) is 84.9 Å². The lowest BCUT2D eigenvalue weighted by Gasteiger charge is -2.23. The first-order valence-corrected chi connectivity index (χ1v) is 5.72. The molecule has 1 atom stereocenters. The van der Waals surface area contributed by atoms with Crippen LogP contribution in [-0.4, -0.2) is 41.7 Å². The number of rotatable bonds is 2. The molecule has 0 aliphatic carbocycles. The van der Waals surface area contributed by atoms with Gasteiger partial charge >= 0.3 is 12.1 Å². The van der Waals surface area contributed by atoms with Crippen molar-refractivity contribution in [2.45, 2.75) is 33.3 Å². The largest absolute Gasteiger partial charge is 0.465 e. The van der Waals surface area contributed by atoms with Crippen LogP contribution in [0.4, 0.5) is 4.79 Å². The number of hydrogen-bond donors (Lipinski definition) is 1. The van der Waals surface area contributed by atoms with Gasteiger partial charge in [0.15, 0.2) is 5.92 Å². The average Bonchev–Trinajstić information content (AvgIpc) is 2.58. The van der Waals surface area contributed by atoms with E-state index in [2.05, 4.69) is 5.43 Å². The molecule has 0 aromatic rings. The molecule has 0 spiro atoms. The Labute approximate surface area is 105 Å². The van der Waals surface area contributed by atoms with E-state index in [4.69, 9.17) is 9.47 Å². The highest BCUT2D eigenvalue weighted by Crippen LogP contribution is 2.15. The van der Waals surface area contributed by atoms with Crippen molar-refractivity contribution in [3.8, 4) is 0 Å². The molecular formula is C11H18N2O5. The molecular weight excluding hydrogens is 240 g/mol. The minimum absolute atomic E-state index is 0.0768. The lowest BCUT2D eigenvalue weighted by atomic mass is 10.1. The Morgan fingerprint density at radius 3 is 2.56 bits per heavy atom. The first kappa shape index (κ1) is 14.3.